The maximum atomic E-state index is 7.15. The third kappa shape index (κ3) is 4.43. The average Bonchev–Trinajstić information content (AvgIpc) is 2.85. The van der Waals surface area contributed by atoms with Gasteiger partial charge in [0.05, 0.1) is 0 Å². The Kier molecular flexibility index (Phi) is 6.38. The number of pyridine rings is 1. The molecule has 0 radical (unpaired) electrons. The van der Waals surface area contributed by atoms with E-state index in [2.05, 4.69) is 125 Å². The molecule has 2 nitrogen and oxygen atoms in total. The number of rotatable bonds is 4. The summed E-state index contributed by atoms with van der Waals surface area (Å²) in [6, 6.07) is 18.8. The molecule has 1 aliphatic heterocycles. The molecule has 0 bridgehead atoms. The summed E-state index contributed by atoms with van der Waals surface area (Å²) in [4.78, 5) is 0. The summed E-state index contributed by atoms with van der Waals surface area (Å²) in [7, 11) is 2.20. The molecular weight excluding hydrogens is 547 g/mol. The second-order valence-corrected chi connectivity index (χ2v) is 25.3. The van der Waals surface area contributed by atoms with Crippen LogP contribution in [0.4, 0.5) is 0 Å². The quantitative estimate of drug-likeness (QED) is 0.113. The Morgan fingerprint density at radius 2 is 1.62 bits per heavy atom. The monoisotopic (exact) mass is 592 g/mol. The van der Waals surface area contributed by atoms with Crippen LogP contribution in [0.1, 0.15) is 51.3 Å². The number of hydrogen-bond acceptors (Lipinski definition) is 1. The number of aromatic nitrogens is 1. The molecule has 1 aromatic heterocycles. The molecule has 2 heterocycles. The molecule has 0 saturated heterocycles. The van der Waals surface area contributed by atoms with Gasteiger partial charge < -0.3 is 0 Å². The van der Waals surface area contributed by atoms with Crippen LogP contribution in [-0.4, -0.2) is 13.3 Å². The Hall–Kier alpha value is -2.85. The Bertz CT molecular complexity index is 1830. The van der Waals surface area contributed by atoms with Crippen LogP contribution in [0.15, 0.2) is 54.7 Å². The SMILES string of the molecule is Cc1c2c(c(CC(C)(C)C)c3ccc(CC(C)C)cc13)Oc1cc3[c]([Ge]([CH3])([CH3])[CH3])cccc3c3cc[n+](C)c-2c13. The Morgan fingerprint density at radius 3 is 2.30 bits per heavy atom. The van der Waals surface area contributed by atoms with Crippen molar-refractivity contribution in [3.63, 3.8) is 0 Å². The third-order valence-electron chi connectivity index (χ3n) is 8.54. The van der Waals surface area contributed by atoms with Crippen LogP contribution in [0.25, 0.3) is 43.6 Å². The van der Waals surface area contributed by atoms with E-state index in [9.17, 15) is 0 Å². The standard InChI is InChI=1S/C37H44GeNO/c1-22(2)18-24-14-15-26-28(19-24)23(3)33-35-34-27(16-17-39(35)10)25-12-11-13-31(38(7,8)9)29(25)20-32(34)40-36(33)30(26)21-37(4,5)6/h11-17,19-20,22H,18,21H2,1-10H3/q+1. The van der Waals surface area contributed by atoms with Gasteiger partial charge in [0.2, 0.25) is 0 Å². The van der Waals surface area contributed by atoms with Crippen LogP contribution in [0.3, 0.4) is 0 Å². The van der Waals surface area contributed by atoms with Gasteiger partial charge in [-0.25, -0.2) is 0 Å². The number of aryl methyl sites for hydroxylation is 2. The van der Waals surface area contributed by atoms with Gasteiger partial charge in [-0.3, -0.25) is 0 Å². The summed E-state index contributed by atoms with van der Waals surface area (Å²) in [5.41, 5.74) is 6.74. The first kappa shape index (κ1) is 27.3. The van der Waals surface area contributed by atoms with E-state index in [-0.39, 0.29) is 5.41 Å². The zero-order valence-corrected chi connectivity index (χ0v) is 28.1. The van der Waals surface area contributed by atoms with E-state index in [0.717, 1.165) is 24.3 Å². The van der Waals surface area contributed by atoms with E-state index in [1.54, 1.807) is 4.40 Å². The zero-order chi connectivity index (χ0) is 28.7. The van der Waals surface area contributed by atoms with Crippen molar-refractivity contribution in [2.24, 2.45) is 18.4 Å². The van der Waals surface area contributed by atoms with Crippen molar-refractivity contribution in [1.82, 2.24) is 0 Å². The molecule has 0 unspecified atom stereocenters. The molecule has 0 spiro atoms. The maximum absolute atomic E-state index is 7.15. The molecule has 6 rings (SSSR count). The first-order valence-corrected chi connectivity index (χ1v) is 22.2. The fourth-order valence-electron chi connectivity index (χ4n) is 6.87. The first-order valence-electron chi connectivity index (χ1n) is 14.9. The van der Waals surface area contributed by atoms with Gasteiger partial charge >= 0.3 is 224 Å². The minimum atomic E-state index is -2.12. The Balaban J connectivity index is 1.77. The number of hydrogen-bond donors (Lipinski definition) is 0. The molecular formula is C37H44GeNO+. The molecule has 3 heteroatoms. The first-order chi connectivity index (χ1) is 18.7. The molecule has 0 saturated carbocycles. The predicted molar refractivity (Wildman–Crippen MR) is 175 cm³/mol. The third-order valence-corrected chi connectivity index (χ3v) is 12.8. The number of benzene rings is 4. The summed E-state index contributed by atoms with van der Waals surface area (Å²) in [5, 5.41) is 7.95. The van der Waals surface area contributed by atoms with Crippen LogP contribution >= 0.6 is 0 Å². The summed E-state index contributed by atoms with van der Waals surface area (Å²) >= 11 is -2.12. The minimum absolute atomic E-state index is 0.126. The average molecular weight is 591 g/mol. The summed E-state index contributed by atoms with van der Waals surface area (Å²) in [6.07, 6.45) is 4.31. The van der Waals surface area contributed by atoms with E-state index >= 15 is 0 Å². The van der Waals surface area contributed by atoms with E-state index in [1.165, 1.54) is 60.3 Å². The van der Waals surface area contributed by atoms with Gasteiger partial charge in [0.1, 0.15) is 0 Å². The predicted octanol–water partition coefficient (Wildman–Crippen LogP) is 9.38. The molecule has 5 aromatic rings. The van der Waals surface area contributed by atoms with Crippen molar-refractivity contribution in [3.05, 3.63) is 71.4 Å². The second-order valence-electron chi connectivity index (χ2n) is 14.7. The summed E-state index contributed by atoms with van der Waals surface area (Å²) < 4.78 is 11.0. The van der Waals surface area contributed by atoms with Gasteiger partial charge in [-0.2, -0.15) is 0 Å². The zero-order valence-electron chi connectivity index (χ0n) is 26.0. The molecule has 0 N–H and O–H groups in total. The van der Waals surface area contributed by atoms with E-state index in [4.69, 9.17) is 4.74 Å². The fourth-order valence-corrected chi connectivity index (χ4v) is 10.3. The van der Waals surface area contributed by atoms with Crippen LogP contribution in [-0.2, 0) is 19.9 Å². The Morgan fingerprint density at radius 1 is 0.875 bits per heavy atom. The van der Waals surface area contributed by atoms with E-state index in [0.29, 0.717) is 5.92 Å². The number of fused-ring (bicyclic) bond motifs is 5. The van der Waals surface area contributed by atoms with Gasteiger partial charge in [0.15, 0.2) is 0 Å². The summed E-state index contributed by atoms with van der Waals surface area (Å²) in [6.45, 7) is 13.9. The van der Waals surface area contributed by atoms with Crippen molar-refractivity contribution < 1.29 is 9.30 Å². The van der Waals surface area contributed by atoms with Gasteiger partial charge in [0.25, 0.3) is 0 Å². The van der Waals surface area contributed by atoms with Crippen molar-refractivity contribution >= 4 is 50.0 Å². The molecule has 1 aliphatic rings. The van der Waals surface area contributed by atoms with Crippen molar-refractivity contribution in [1.29, 1.82) is 0 Å². The van der Waals surface area contributed by atoms with Crippen LogP contribution in [0.5, 0.6) is 11.5 Å². The van der Waals surface area contributed by atoms with E-state index in [1.807, 2.05) is 0 Å². The van der Waals surface area contributed by atoms with Gasteiger partial charge in [-0.05, 0) is 5.92 Å². The Labute approximate surface area is 242 Å². The molecule has 0 aliphatic carbocycles. The molecule has 4 aromatic carbocycles. The number of nitrogens with zero attached hydrogens (tertiary/aromatic N) is 1. The molecule has 0 fully saturated rings. The molecule has 206 valence electrons. The summed E-state index contributed by atoms with van der Waals surface area (Å²) in [5.74, 6) is 10.2. The van der Waals surface area contributed by atoms with Crippen molar-refractivity contribution in [2.45, 2.75) is 71.7 Å². The topological polar surface area (TPSA) is 13.1 Å². The fraction of sp³-hybridized carbons (Fsp3) is 0.378. The van der Waals surface area contributed by atoms with Gasteiger partial charge in [0, 0.05) is 0 Å². The van der Waals surface area contributed by atoms with Gasteiger partial charge in [-0.15, -0.1) is 0 Å². The molecule has 40 heavy (non-hydrogen) atoms. The van der Waals surface area contributed by atoms with Crippen molar-refractivity contribution in [2.75, 3.05) is 0 Å². The number of ether oxygens (including phenoxy) is 1. The molecule has 0 amide bonds. The molecule has 0 atom stereocenters. The van der Waals surface area contributed by atoms with Crippen molar-refractivity contribution in [3.8, 4) is 22.8 Å². The second kappa shape index (κ2) is 9.34. The van der Waals surface area contributed by atoms with Crippen LogP contribution < -0.4 is 13.7 Å². The van der Waals surface area contributed by atoms with E-state index < -0.39 is 13.3 Å². The van der Waals surface area contributed by atoms with Crippen LogP contribution in [0.2, 0.25) is 17.3 Å². The van der Waals surface area contributed by atoms with Gasteiger partial charge in [-0.1, -0.05) is 13.8 Å². The normalized spacial score (nSPS) is 13.4. The van der Waals surface area contributed by atoms with Crippen LogP contribution in [0, 0.1) is 18.3 Å².